The third kappa shape index (κ3) is 4.01. The Balaban J connectivity index is 1.74. The molecule has 1 aliphatic rings. The zero-order valence-electron chi connectivity index (χ0n) is 17.9. The van der Waals surface area contributed by atoms with Crippen molar-refractivity contribution in [1.29, 1.82) is 0 Å². The summed E-state index contributed by atoms with van der Waals surface area (Å²) in [5.41, 5.74) is 0.847. The van der Waals surface area contributed by atoms with Gasteiger partial charge in [0.05, 0.1) is 7.11 Å². The third-order valence-electron chi connectivity index (χ3n) is 5.79. The maximum atomic E-state index is 13.1. The lowest BCUT2D eigenvalue weighted by atomic mass is 9.82. The van der Waals surface area contributed by atoms with Crippen molar-refractivity contribution in [2.45, 2.75) is 18.9 Å². The normalized spacial score (nSPS) is 17.0. The first kappa shape index (κ1) is 22.7. The molecule has 0 unspecified atom stereocenters. The average Bonchev–Trinajstić information content (AvgIpc) is 2.79. The molecule has 34 heavy (non-hydrogen) atoms. The van der Waals surface area contributed by atoms with Crippen molar-refractivity contribution in [2.24, 2.45) is 5.92 Å². The van der Waals surface area contributed by atoms with E-state index >= 15 is 0 Å². The number of ketones is 1. The van der Waals surface area contributed by atoms with Crippen LogP contribution in [-0.2, 0) is 6.42 Å². The summed E-state index contributed by atoms with van der Waals surface area (Å²) in [6.07, 6.45) is -0.824. The molecular weight excluding hydrogens is 448 g/mol. The van der Waals surface area contributed by atoms with E-state index in [1.54, 1.807) is 0 Å². The van der Waals surface area contributed by atoms with Gasteiger partial charge in [0.2, 0.25) is 5.75 Å². The Morgan fingerprint density at radius 3 is 2.12 bits per heavy atom. The lowest BCUT2D eigenvalue weighted by molar-refractivity contribution is 0.0801. The zero-order valence-corrected chi connectivity index (χ0v) is 17.9. The van der Waals surface area contributed by atoms with Gasteiger partial charge >= 0.3 is 0 Å². The summed E-state index contributed by atoms with van der Waals surface area (Å²) < 4.78 is 11.0. The predicted molar refractivity (Wildman–Crippen MR) is 117 cm³/mol. The molecule has 0 radical (unpaired) electrons. The number of carbonyl (C=O) groups excluding carboxylic acids is 1. The van der Waals surface area contributed by atoms with E-state index in [-0.39, 0.29) is 41.2 Å². The summed E-state index contributed by atoms with van der Waals surface area (Å²) in [5.74, 6) is -4.54. The number of Topliss-reactive ketones (excluding diaryl/α,β-unsaturated/α-hetero) is 1. The molecule has 7 N–H and O–H groups in total. The second kappa shape index (κ2) is 8.47. The number of aromatic hydroxyl groups is 7. The maximum absolute atomic E-state index is 13.1. The van der Waals surface area contributed by atoms with Crippen LogP contribution in [0.3, 0.4) is 0 Å². The quantitative estimate of drug-likeness (QED) is 0.216. The van der Waals surface area contributed by atoms with Crippen molar-refractivity contribution in [3.8, 4) is 51.7 Å². The van der Waals surface area contributed by atoms with E-state index in [2.05, 4.69) is 0 Å². The van der Waals surface area contributed by atoms with E-state index < -0.39 is 52.3 Å². The molecule has 178 valence electrons. The van der Waals surface area contributed by atoms with Gasteiger partial charge in [-0.2, -0.15) is 0 Å². The van der Waals surface area contributed by atoms with Crippen LogP contribution in [0.2, 0.25) is 0 Å². The number of hydrogen-bond donors (Lipinski definition) is 7. The Bertz CT molecular complexity index is 1260. The van der Waals surface area contributed by atoms with Gasteiger partial charge in [-0.05, 0) is 42.3 Å². The highest BCUT2D eigenvalue weighted by Gasteiger charge is 2.35. The van der Waals surface area contributed by atoms with Crippen LogP contribution in [0.4, 0.5) is 0 Å². The zero-order chi connectivity index (χ0) is 24.7. The fraction of sp³-hybridized carbons (Fsp3) is 0.208. The highest BCUT2D eigenvalue weighted by atomic mass is 16.5. The SMILES string of the molecule is COc1cc(C(=O)C[C@@H]2Cc3cc(O)c(O)cc3O[C@@H]2c2cc(O)c(O)c(O)c2)cc(O)c1O. The van der Waals surface area contributed by atoms with E-state index in [4.69, 9.17) is 9.47 Å². The topological polar surface area (TPSA) is 177 Å². The second-order valence-corrected chi connectivity index (χ2v) is 8.03. The Kier molecular flexibility index (Phi) is 5.66. The van der Waals surface area contributed by atoms with Gasteiger partial charge < -0.3 is 45.2 Å². The molecule has 10 nitrogen and oxygen atoms in total. The Hall–Kier alpha value is -4.47. The van der Waals surface area contributed by atoms with E-state index in [0.717, 1.165) is 6.07 Å². The molecule has 10 heteroatoms. The Morgan fingerprint density at radius 2 is 1.47 bits per heavy atom. The minimum Gasteiger partial charge on any atom is -0.504 e. The van der Waals surface area contributed by atoms with Crippen molar-refractivity contribution >= 4 is 5.78 Å². The van der Waals surface area contributed by atoms with Crippen LogP contribution in [0.15, 0.2) is 36.4 Å². The third-order valence-corrected chi connectivity index (χ3v) is 5.79. The van der Waals surface area contributed by atoms with Crippen molar-refractivity contribution in [1.82, 2.24) is 0 Å². The van der Waals surface area contributed by atoms with Crippen LogP contribution >= 0.6 is 0 Å². The number of hydrogen-bond acceptors (Lipinski definition) is 10. The molecule has 0 aromatic heterocycles. The number of ether oxygens (including phenoxy) is 2. The Morgan fingerprint density at radius 1 is 0.853 bits per heavy atom. The number of methoxy groups -OCH3 is 1. The van der Waals surface area contributed by atoms with Crippen LogP contribution in [0.1, 0.15) is 34.0 Å². The lowest BCUT2D eigenvalue weighted by Crippen LogP contribution is -2.28. The lowest BCUT2D eigenvalue weighted by Gasteiger charge is -2.34. The molecule has 3 aromatic rings. The van der Waals surface area contributed by atoms with Gasteiger partial charge in [-0.15, -0.1) is 0 Å². The number of fused-ring (bicyclic) bond motifs is 1. The van der Waals surface area contributed by atoms with Crippen LogP contribution < -0.4 is 9.47 Å². The van der Waals surface area contributed by atoms with E-state index in [0.29, 0.717) is 5.56 Å². The average molecular weight is 470 g/mol. The summed E-state index contributed by atoms with van der Waals surface area (Å²) in [7, 11) is 1.27. The molecule has 0 fully saturated rings. The smallest absolute Gasteiger partial charge is 0.200 e. The van der Waals surface area contributed by atoms with Crippen LogP contribution in [0.5, 0.6) is 51.7 Å². The standard InChI is InChI=1S/C24H22O10/c1-33-21-8-10(3-19(30)23(21)32)14(25)5-12-2-11-4-15(26)16(27)9-20(11)34-24(12)13-6-17(28)22(31)18(29)7-13/h3-4,6-9,12,24,26-32H,2,5H2,1H3/t12-,24-/m0/s1. The molecule has 0 saturated carbocycles. The van der Waals surface area contributed by atoms with Gasteiger partial charge in [0.1, 0.15) is 11.9 Å². The van der Waals surface area contributed by atoms with Gasteiger partial charge in [-0.3, -0.25) is 4.79 Å². The second-order valence-electron chi connectivity index (χ2n) is 8.03. The fourth-order valence-corrected chi connectivity index (χ4v) is 4.07. The van der Waals surface area contributed by atoms with E-state index in [1.165, 1.54) is 37.4 Å². The molecule has 1 aliphatic heterocycles. The number of phenols is 7. The predicted octanol–water partition coefficient (Wildman–Crippen LogP) is 3.20. The van der Waals surface area contributed by atoms with Crippen LogP contribution in [-0.4, -0.2) is 48.6 Å². The molecule has 0 aliphatic carbocycles. The summed E-state index contributed by atoms with van der Waals surface area (Å²) in [6.45, 7) is 0. The van der Waals surface area contributed by atoms with Crippen LogP contribution in [0, 0.1) is 5.92 Å². The minimum atomic E-state index is -0.898. The summed E-state index contributed by atoms with van der Waals surface area (Å²) in [4.78, 5) is 13.1. The Labute approximate surface area is 193 Å². The molecule has 2 atom stereocenters. The molecule has 0 saturated heterocycles. The largest absolute Gasteiger partial charge is 0.504 e. The maximum Gasteiger partial charge on any atom is 0.200 e. The first-order valence-electron chi connectivity index (χ1n) is 10.2. The van der Waals surface area contributed by atoms with Crippen molar-refractivity contribution in [2.75, 3.05) is 7.11 Å². The van der Waals surface area contributed by atoms with Gasteiger partial charge in [0.15, 0.2) is 46.0 Å². The van der Waals surface area contributed by atoms with Crippen molar-refractivity contribution in [3.05, 3.63) is 53.1 Å². The van der Waals surface area contributed by atoms with Gasteiger partial charge in [-0.1, -0.05) is 0 Å². The first-order valence-corrected chi connectivity index (χ1v) is 10.2. The minimum absolute atomic E-state index is 0.0710. The highest BCUT2D eigenvalue weighted by Crippen LogP contribution is 2.47. The van der Waals surface area contributed by atoms with Crippen molar-refractivity contribution in [3.63, 3.8) is 0 Å². The fourth-order valence-electron chi connectivity index (χ4n) is 4.07. The molecule has 0 bridgehead atoms. The summed E-state index contributed by atoms with van der Waals surface area (Å²) in [5, 5.41) is 69.2. The molecule has 0 amide bonds. The van der Waals surface area contributed by atoms with Crippen molar-refractivity contribution < 1.29 is 50.0 Å². The monoisotopic (exact) mass is 470 g/mol. The summed E-state index contributed by atoms with van der Waals surface area (Å²) >= 11 is 0. The molecular formula is C24H22O10. The first-order chi connectivity index (χ1) is 16.1. The van der Waals surface area contributed by atoms with Gasteiger partial charge in [0, 0.05) is 29.5 Å². The molecule has 0 spiro atoms. The number of rotatable bonds is 5. The van der Waals surface area contributed by atoms with E-state index in [9.17, 15) is 40.5 Å². The highest BCUT2D eigenvalue weighted by molar-refractivity contribution is 5.97. The number of phenolic OH excluding ortho intramolecular Hbond substituents is 7. The molecule has 4 rings (SSSR count). The van der Waals surface area contributed by atoms with Crippen LogP contribution in [0.25, 0.3) is 0 Å². The van der Waals surface area contributed by atoms with E-state index in [1.807, 2.05) is 0 Å². The number of carbonyl (C=O) groups is 1. The summed E-state index contributed by atoms with van der Waals surface area (Å²) in [6, 6.07) is 7.31. The molecule has 1 heterocycles. The van der Waals surface area contributed by atoms with Gasteiger partial charge in [-0.25, -0.2) is 0 Å². The van der Waals surface area contributed by atoms with Gasteiger partial charge in [0.25, 0.3) is 0 Å². The molecule has 3 aromatic carbocycles. The number of benzene rings is 3.